The van der Waals surface area contributed by atoms with E-state index in [-0.39, 0.29) is 14.5 Å². The third-order valence-electron chi connectivity index (χ3n) is 11.7. The van der Waals surface area contributed by atoms with Crippen molar-refractivity contribution in [2.45, 2.75) is 0 Å². The summed E-state index contributed by atoms with van der Waals surface area (Å²) >= 11 is 0.206. The zero-order valence-corrected chi connectivity index (χ0v) is 35.1. The van der Waals surface area contributed by atoms with Gasteiger partial charge in [-0.15, -0.1) is 0 Å². The summed E-state index contributed by atoms with van der Waals surface area (Å²) in [4.78, 5) is 4.81. The standard InChI is InChI=1S/C58H40N2Se/c1-3-13-41(14-4-1)42-25-27-43(28-26-42)44-29-35-49(36-30-44)59(48-17-5-2-6-18-48)50-37-31-45(32-38-50)46-33-39-51(40-34-46)60(55-22-11-16-47-15-7-8-19-52(47)55)56-23-12-21-54-53-20-9-10-24-57(53)61-58(54)56/h1-40H. The van der Waals surface area contributed by atoms with Crippen molar-refractivity contribution in [3.63, 3.8) is 0 Å². The molecular weight excluding hydrogens is 804 g/mol. The molecule has 0 unspecified atom stereocenters. The van der Waals surface area contributed by atoms with Crippen LogP contribution in [-0.2, 0) is 0 Å². The molecule has 0 atom stereocenters. The number of para-hydroxylation sites is 1. The maximum Gasteiger partial charge on any atom is -0.0374 e. The van der Waals surface area contributed by atoms with E-state index in [0.717, 1.165) is 22.7 Å². The van der Waals surface area contributed by atoms with Gasteiger partial charge in [-0.05, 0) is 46.5 Å². The van der Waals surface area contributed by atoms with Crippen molar-refractivity contribution in [3.05, 3.63) is 243 Å². The van der Waals surface area contributed by atoms with Crippen LogP contribution in [0, 0.1) is 0 Å². The summed E-state index contributed by atoms with van der Waals surface area (Å²) in [5.74, 6) is 0. The molecule has 1 aromatic heterocycles. The Kier molecular flexibility index (Phi) is 9.60. The smallest absolute Gasteiger partial charge is 0.0374 e. The molecule has 11 aromatic rings. The Labute approximate surface area is 362 Å². The Hall–Kier alpha value is -7.42. The average molecular weight is 844 g/mol. The average Bonchev–Trinajstić information content (AvgIpc) is 3.73. The van der Waals surface area contributed by atoms with Gasteiger partial charge in [0, 0.05) is 11.4 Å². The summed E-state index contributed by atoms with van der Waals surface area (Å²) < 4.78 is 2.88. The van der Waals surface area contributed by atoms with Crippen molar-refractivity contribution in [2.24, 2.45) is 0 Å². The van der Waals surface area contributed by atoms with Crippen molar-refractivity contribution in [1.29, 1.82) is 0 Å². The second kappa shape index (κ2) is 16.0. The van der Waals surface area contributed by atoms with Crippen LogP contribution in [0.1, 0.15) is 0 Å². The number of benzene rings is 10. The Morgan fingerprint density at radius 2 is 0.639 bits per heavy atom. The Morgan fingerprint density at radius 3 is 1.25 bits per heavy atom. The zero-order valence-electron chi connectivity index (χ0n) is 33.4. The van der Waals surface area contributed by atoms with E-state index in [0.29, 0.717) is 0 Å². The monoisotopic (exact) mass is 844 g/mol. The van der Waals surface area contributed by atoms with Crippen molar-refractivity contribution in [3.8, 4) is 33.4 Å². The Bertz CT molecular complexity index is 3260. The number of rotatable bonds is 9. The van der Waals surface area contributed by atoms with E-state index in [1.165, 1.54) is 74.8 Å². The number of anilines is 6. The summed E-state index contributed by atoms with van der Waals surface area (Å²) in [5, 5.41) is 5.19. The summed E-state index contributed by atoms with van der Waals surface area (Å²) in [7, 11) is 0. The van der Waals surface area contributed by atoms with Crippen LogP contribution in [0.15, 0.2) is 243 Å². The fourth-order valence-corrected chi connectivity index (χ4v) is 11.2. The molecule has 0 aliphatic carbocycles. The molecule has 61 heavy (non-hydrogen) atoms. The van der Waals surface area contributed by atoms with Gasteiger partial charge in [-0.25, -0.2) is 0 Å². The van der Waals surface area contributed by atoms with E-state index in [1.807, 2.05) is 0 Å². The molecule has 1 heterocycles. The molecule has 0 saturated carbocycles. The van der Waals surface area contributed by atoms with Gasteiger partial charge in [-0.2, -0.15) is 0 Å². The quantitative estimate of drug-likeness (QED) is 0.134. The van der Waals surface area contributed by atoms with Crippen LogP contribution in [-0.4, -0.2) is 14.5 Å². The molecule has 2 nitrogen and oxygen atoms in total. The van der Waals surface area contributed by atoms with Gasteiger partial charge >= 0.3 is 222 Å². The number of hydrogen-bond acceptors (Lipinski definition) is 2. The van der Waals surface area contributed by atoms with Crippen LogP contribution in [0.5, 0.6) is 0 Å². The van der Waals surface area contributed by atoms with Crippen molar-refractivity contribution >= 4 is 78.7 Å². The summed E-state index contributed by atoms with van der Waals surface area (Å²) in [5.41, 5.74) is 14.1. The predicted octanol–water partition coefficient (Wildman–Crippen LogP) is 16.1. The van der Waals surface area contributed by atoms with Gasteiger partial charge in [0.2, 0.25) is 0 Å². The van der Waals surface area contributed by atoms with Crippen molar-refractivity contribution in [2.75, 3.05) is 9.80 Å². The first-order chi connectivity index (χ1) is 30.2. The molecule has 0 spiro atoms. The molecule has 11 rings (SSSR count). The van der Waals surface area contributed by atoms with Crippen LogP contribution < -0.4 is 9.80 Å². The minimum Gasteiger partial charge on any atom is -0.0617 e. The van der Waals surface area contributed by atoms with Gasteiger partial charge in [0.25, 0.3) is 0 Å². The number of hydrogen-bond donors (Lipinski definition) is 0. The van der Waals surface area contributed by atoms with E-state index in [9.17, 15) is 0 Å². The molecule has 10 aromatic carbocycles. The van der Waals surface area contributed by atoms with Gasteiger partial charge in [-0.3, -0.25) is 0 Å². The van der Waals surface area contributed by atoms with Crippen LogP contribution in [0.3, 0.4) is 0 Å². The van der Waals surface area contributed by atoms with E-state index >= 15 is 0 Å². The first-order valence-corrected chi connectivity index (χ1v) is 22.5. The van der Waals surface area contributed by atoms with Crippen LogP contribution in [0.2, 0.25) is 0 Å². The molecule has 0 amide bonds. The molecule has 0 bridgehead atoms. The largest absolute Gasteiger partial charge is 0.0617 e. The Balaban J connectivity index is 0.919. The van der Waals surface area contributed by atoms with Gasteiger partial charge < -0.3 is 0 Å². The van der Waals surface area contributed by atoms with Crippen LogP contribution >= 0.6 is 0 Å². The molecule has 0 saturated heterocycles. The summed E-state index contributed by atoms with van der Waals surface area (Å²) in [6.07, 6.45) is 0. The van der Waals surface area contributed by atoms with E-state index < -0.39 is 0 Å². The van der Waals surface area contributed by atoms with Crippen LogP contribution in [0.25, 0.3) is 63.4 Å². The second-order valence-electron chi connectivity index (χ2n) is 15.3. The van der Waals surface area contributed by atoms with Gasteiger partial charge in [0.1, 0.15) is 0 Å². The molecule has 3 heteroatoms. The molecule has 288 valence electrons. The predicted molar refractivity (Wildman–Crippen MR) is 262 cm³/mol. The minimum atomic E-state index is 0.206. The third kappa shape index (κ3) is 7.00. The molecule has 0 aliphatic rings. The Morgan fingerprint density at radius 1 is 0.246 bits per heavy atom. The zero-order chi connectivity index (χ0) is 40.5. The summed E-state index contributed by atoms with van der Waals surface area (Å²) in [6, 6.07) is 88.1. The minimum absolute atomic E-state index is 0.206. The van der Waals surface area contributed by atoms with Gasteiger partial charge in [0.15, 0.2) is 0 Å². The molecule has 0 aliphatic heterocycles. The van der Waals surface area contributed by atoms with Crippen LogP contribution in [0.4, 0.5) is 34.1 Å². The molecular formula is C58H40N2Se. The third-order valence-corrected chi connectivity index (χ3v) is 14.2. The van der Waals surface area contributed by atoms with Gasteiger partial charge in [-0.1, -0.05) is 84.9 Å². The SMILES string of the molecule is c1ccc(-c2ccc(-c3ccc(N(c4ccccc4)c4ccc(-c5ccc(N(c6cccc7ccccc67)c6cccc7c6[se]c6ccccc67)cc5)cc4)cc3)cc2)cc1. The first-order valence-electron chi connectivity index (χ1n) is 20.7. The summed E-state index contributed by atoms with van der Waals surface area (Å²) in [6.45, 7) is 0. The maximum atomic E-state index is 2.48. The maximum absolute atomic E-state index is 2.48. The van der Waals surface area contributed by atoms with Crippen molar-refractivity contribution in [1.82, 2.24) is 0 Å². The van der Waals surface area contributed by atoms with E-state index in [1.54, 1.807) is 0 Å². The van der Waals surface area contributed by atoms with Gasteiger partial charge in [0.05, 0.1) is 0 Å². The number of fused-ring (bicyclic) bond motifs is 4. The molecule has 0 radical (unpaired) electrons. The fourth-order valence-electron chi connectivity index (χ4n) is 8.64. The number of nitrogens with zero attached hydrogens (tertiary/aromatic N) is 2. The van der Waals surface area contributed by atoms with E-state index in [2.05, 4.69) is 252 Å². The molecule has 0 N–H and O–H groups in total. The molecule has 0 fully saturated rings. The topological polar surface area (TPSA) is 6.48 Å². The first kappa shape index (κ1) is 36.6. The fraction of sp³-hybridized carbons (Fsp3) is 0. The normalized spacial score (nSPS) is 11.3. The second-order valence-corrected chi connectivity index (χ2v) is 17.5. The van der Waals surface area contributed by atoms with Crippen molar-refractivity contribution < 1.29 is 0 Å². The van der Waals surface area contributed by atoms with E-state index in [4.69, 9.17) is 0 Å².